The van der Waals surface area contributed by atoms with Gasteiger partial charge in [0.05, 0.1) is 11.9 Å². The second-order valence-electron chi connectivity index (χ2n) is 5.47. The standard InChI is InChI=1S/C16H17N3OS/c1-2-4-13(5-3-1)20-16-7-6-15-17-10-14(19(15)18-16)12-8-9-21-11-12/h6-11,13H,1-5H2. The van der Waals surface area contributed by atoms with Crippen LogP contribution in [0, 0.1) is 0 Å². The zero-order valence-electron chi connectivity index (χ0n) is 11.7. The molecule has 0 aliphatic heterocycles. The number of imidazole rings is 1. The second-order valence-corrected chi connectivity index (χ2v) is 6.25. The lowest BCUT2D eigenvalue weighted by Gasteiger charge is -2.22. The Labute approximate surface area is 127 Å². The summed E-state index contributed by atoms with van der Waals surface area (Å²) in [6.07, 6.45) is 8.32. The van der Waals surface area contributed by atoms with Crippen molar-refractivity contribution >= 4 is 17.0 Å². The van der Waals surface area contributed by atoms with Crippen molar-refractivity contribution in [2.45, 2.75) is 38.2 Å². The van der Waals surface area contributed by atoms with E-state index in [1.54, 1.807) is 11.3 Å². The van der Waals surface area contributed by atoms with E-state index in [4.69, 9.17) is 4.74 Å². The second kappa shape index (κ2) is 5.48. The van der Waals surface area contributed by atoms with Gasteiger partial charge in [-0.25, -0.2) is 9.50 Å². The van der Waals surface area contributed by atoms with Gasteiger partial charge >= 0.3 is 0 Å². The minimum absolute atomic E-state index is 0.316. The van der Waals surface area contributed by atoms with Gasteiger partial charge in [-0.3, -0.25) is 0 Å². The lowest BCUT2D eigenvalue weighted by molar-refractivity contribution is 0.147. The zero-order valence-corrected chi connectivity index (χ0v) is 12.6. The quantitative estimate of drug-likeness (QED) is 0.728. The molecule has 1 aliphatic rings. The summed E-state index contributed by atoms with van der Waals surface area (Å²) in [5, 5.41) is 8.80. The fraction of sp³-hybridized carbons (Fsp3) is 0.375. The molecule has 1 fully saturated rings. The van der Waals surface area contributed by atoms with Gasteiger partial charge in [0.15, 0.2) is 5.65 Å². The smallest absolute Gasteiger partial charge is 0.232 e. The van der Waals surface area contributed by atoms with Crippen LogP contribution in [0.4, 0.5) is 0 Å². The van der Waals surface area contributed by atoms with Crippen LogP contribution in [0.5, 0.6) is 5.88 Å². The molecule has 0 spiro atoms. The number of fused-ring (bicyclic) bond motifs is 1. The van der Waals surface area contributed by atoms with E-state index in [1.807, 2.05) is 22.8 Å². The molecule has 4 nitrogen and oxygen atoms in total. The Morgan fingerprint density at radius 3 is 2.86 bits per heavy atom. The largest absolute Gasteiger partial charge is 0.473 e. The zero-order chi connectivity index (χ0) is 14.1. The molecule has 1 aliphatic carbocycles. The molecule has 4 rings (SSSR count). The molecule has 0 aromatic carbocycles. The normalized spacial score (nSPS) is 16.4. The molecule has 3 heterocycles. The Morgan fingerprint density at radius 1 is 1.14 bits per heavy atom. The van der Waals surface area contributed by atoms with Crippen molar-refractivity contribution in [3.63, 3.8) is 0 Å². The van der Waals surface area contributed by atoms with E-state index in [-0.39, 0.29) is 0 Å². The van der Waals surface area contributed by atoms with E-state index in [0.717, 1.165) is 29.7 Å². The highest BCUT2D eigenvalue weighted by molar-refractivity contribution is 7.08. The van der Waals surface area contributed by atoms with Gasteiger partial charge in [-0.05, 0) is 43.2 Å². The minimum atomic E-state index is 0.316. The molecule has 108 valence electrons. The fourth-order valence-electron chi connectivity index (χ4n) is 2.88. The van der Waals surface area contributed by atoms with Crippen molar-refractivity contribution in [1.82, 2.24) is 14.6 Å². The summed E-state index contributed by atoms with van der Waals surface area (Å²) >= 11 is 1.68. The molecule has 3 aromatic rings. The topological polar surface area (TPSA) is 39.4 Å². The van der Waals surface area contributed by atoms with Crippen LogP contribution in [0.15, 0.2) is 35.2 Å². The number of ether oxygens (including phenoxy) is 1. The SMILES string of the molecule is c1cc(-c2cnc3ccc(OC4CCCCC4)nn23)cs1. The van der Waals surface area contributed by atoms with Crippen molar-refractivity contribution in [3.05, 3.63) is 35.2 Å². The number of thiophene rings is 1. The average Bonchev–Trinajstić information content (AvgIpc) is 3.16. The van der Waals surface area contributed by atoms with Gasteiger partial charge in [0.25, 0.3) is 0 Å². The monoisotopic (exact) mass is 299 g/mol. The van der Waals surface area contributed by atoms with E-state index < -0.39 is 0 Å². The first kappa shape index (κ1) is 12.8. The molecule has 0 N–H and O–H groups in total. The van der Waals surface area contributed by atoms with Gasteiger partial charge in [-0.15, -0.1) is 5.10 Å². The molecule has 0 bridgehead atoms. The number of rotatable bonds is 3. The third-order valence-electron chi connectivity index (χ3n) is 3.99. The molecule has 1 saturated carbocycles. The van der Waals surface area contributed by atoms with Crippen molar-refractivity contribution < 1.29 is 4.74 Å². The molecule has 5 heteroatoms. The van der Waals surface area contributed by atoms with Gasteiger partial charge in [-0.1, -0.05) is 6.42 Å². The van der Waals surface area contributed by atoms with Gasteiger partial charge in [0.1, 0.15) is 6.10 Å². The van der Waals surface area contributed by atoms with Crippen LogP contribution in [0.2, 0.25) is 0 Å². The lowest BCUT2D eigenvalue weighted by Crippen LogP contribution is -2.20. The number of hydrogen-bond acceptors (Lipinski definition) is 4. The summed E-state index contributed by atoms with van der Waals surface area (Å²) in [6.45, 7) is 0. The maximum absolute atomic E-state index is 6.05. The maximum Gasteiger partial charge on any atom is 0.232 e. The van der Waals surface area contributed by atoms with Crippen LogP contribution in [-0.4, -0.2) is 20.7 Å². The van der Waals surface area contributed by atoms with E-state index in [0.29, 0.717) is 12.0 Å². The van der Waals surface area contributed by atoms with E-state index in [9.17, 15) is 0 Å². The third-order valence-corrected chi connectivity index (χ3v) is 4.68. The predicted molar refractivity (Wildman–Crippen MR) is 83.8 cm³/mol. The van der Waals surface area contributed by atoms with Gasteiger partial charge in [0, 0.05) is 17.0 Å². The fourth-order valence-corrected chi connectivity index (χ4v) is 3.53. The van der Waals surface area contributed by atoms with Crippen LogP contribution in [-0.2, 0) is 0 Å². The van der Waals surface area contributed by atoms with Crippen molar-refractivity contribution in [1.29, 1.82) is 0 Å². The van der Waals surface area contributed by atoms with Crippen LogP contribution < -0.4 is 4.74 Å². The minimum Gasteiger partial charge on any atom is -0.473 e. The van der Waals surface area contributed by atoms with E-state index >= 15 is 0 Å². The average molecular weight is 299 g/mol. The van der Waals surface area contributed by atoms with Crippen LogP contribution >= 0.6 is 11.3 Å². The van der Waals surface area contributed by atoms with E-state index in [2.05, 4.69) is 26.9 Å². The molecular weight excluding hydrogens is 282 g/mol. The highest BCUT2D eigenvalue weighted by Crippen LogP contribution is 2.25. The molecule has 0 atom stereocenters. The lowest BCUT2D eigenvalue weighted by atomic mass is 9.98. The highest BCUT2D eigenvalue weighted by Gasteiger charge is 2.16. The summed E-state index contributed by atoms with van der Waals surface area (Å²) in [4.78, 5) is 4.41. The Morgan fingerprint density at radius 2 is 2.05 bits per heavy atom. The first-order chi connectivity index (χ1) is 10.4. The molecule has 3 aromatic heterocycles. The Kier molecular flexibility index (Phi) is 3.35. The van der Waals surface area contributed by atoms with Crippen LogP contribution in [0.3, 0.4) is 0 Å². The number of hydrogen-bond donors (Lipinski definition) is 0. The number of nitrogens with zero attached hydrogens (tertiary/aromatic N) is 3. The Hall–Kier alpha value is -1.88. The summed E-state index contributed by atoms with van der Waals surface area (Å²) in [7, 11) is 0. The Bertz CT molecular complexity index is 729. The molecule has 0 saturated heterocycles. The van der Waals surface area contributed by atoms with Crippen molar-refractivity contribution in [2.24, 2.45) is 0 Å². The summed E-state index contributed by atoms with van der Waals surface area (Å²) in [6, 6.07) is 5.99. The summed E-state index contributed by atoms with van der Waals surface area (Å²) in [5.41, 5.74) is 3.02. The van der Waals surface area contributed by atoms with Crippen molar-refractivity contribution in [2.75, 3.05) is 0 Å². The van der Waals surface area contributed by atoms with Gasteiger partial charge < -0.3 is 4.74 Å². The summed E-state index contributed by atoms with van der Waals surface area (Å²) < 4.78 is 7.92. The first-order valence-corrected chi connectivity index (χ1v) is 8.38. The molecule has 21 heavy (non-hydrogen) atoms. The van der Waals surface area contributed by atoms with E-state index in [1.165, 1.54) is 19.3 Å². The summed E-state index contributed by atoms with van der Waals surface area (Å²) in [5.74, 6) is 0.698. The number of aromatic nitrogens is 3. The molecule has 0 unspecified atom stereocenters. The third kappa shape index (κ3) is 2.53. The first-order valence-electron chi connectivity index (χ1n) is 7.44. The Balaban J connectivity index is 1.66. The molecule has 0 radical (unpaired) electrons. The van der Waals surface area contributed by atoms with Crippen LogP contribution in [0.25, 0.3) is 16.9 Å². The maximum atomic E-state index is 6.05. The predicted octanol–water partition coefficient (Wildman–Crippen LogP) is 4.17. The van der Waals surface area contributed by atoms with Crippen LogP contribution in [0.1, 0.15) is 32.1 Å². The molecule has 0 amide bonds. The van der Waals surface area contributed by atoms with Crippen molar-refractivity contribution in [3.8, 4) is 17.1 Å². The molecular formula is C16H17N3OS. The van der Waals surface area contributed by atoms with Gasteiger partial charge in [0.2, 0.25) is 5.88 Å². The highest BCUT2D eigenvalue weighted by atomic mass is 32.1. The van der Waals surface area contributed by atoms with Gasteiger partial charge in [-0.2, -0.15) is 11.3 Å².